The summed E-state index contributed by atoms with van der Waals surface area (Å²) in [6.45, 7) is 6.06. The molecule has 0 saturated carbocycles. The van der Waals surface area contributed by atoms with Crippen LogP contribution in [0.3, 0.4) is 0 Å². The highest BCUT2D eigenvalue weighted by atomic mass is 16.2. The summed E-state index contributed by atoms with van der Waals surface area (Å²) in [6, 6.07) is -0.392. The summed E-state index contributed by atoms with van der Waals surface area (Å²) in [4.78, 5) is 26.0. The fraction of sp³-hybridized carbons (Fsp3) is 0.545. The molecule has 21 heavy (non-hydrogen) atoms. The molecule has 0 saturated heterocycles. The highest BCUT2D eigenvalue weighted by Crippen LogP contribution is 2.17. The van der Waals surface area contributed by atoms with E-state index in [9.17, 15) is 9.59 Å². The van der Waals surface area contributed by atoms with Gasteiger partial charge in [0.25, 0.3) is 5.56 Å². The number of hydrogen-bond donors (Lipinski definition) is 4. The molecular formula is C11H18N8O2. The van der Waals surface area contributed by atoms with Crippen LogP contribution in [-0.2, 0) is 6.54 Å². The molecule has 0 aliphatic rings. The summed E-state index contributed by atoms with van der Waals surface area (Å²) in [5, 5.41) is 16.3. The first kappa shape index (κ1) is 14.8. The molecule has 0 radical (unpaired) electrons. The molecule has 10 nitrogen and oxygen atoms in total. The number of nitrogen functional groups attached to an aromatic ring is 1. The number of nitrogens with two attached hydrogens (primary N) is 1. The normalized spacial score (nSPS) is 12.6. The van der Waals surface area contributed by atoms with Crippen LogP contribution >= 0.6 is 0 Å². The highest BCUT2D eigenvalue weighted by Gasteiger charge is 2.17. The summed E-state index contributed by atoms with van der Waals surface area (Å²) < 4.78 is 1.33. The number of H-pyrrole nitrogens is 2. The summed E-state index contributed by atoms with van der Waals surface area (Å²) in [7, 11) is 0. The van der Waals surface area contributed by atoms with Gasteiger partial charge in [0.1, 0.15) is 11.5 Å². The lowest BCUT2D eigenvalue weighted by Crippen LogP contribution is -2.35. The summed E-state index contributed by atoms with van der Waals surface area (Å²) in [5.74, 6) is 0.682. The summed E-state index contributed by atoms with van der Waals surface area (Å²) in [6.07, 6.45) is 0. The molecule has 10 heteroatoms. The van der Waals surface area contributed by atoms with E-state index in [1.165, 1.54) is 4.57 Å². The molecule has 0 amide bonds. The number of anilines is 2. The first-order valence-electron chi connectivity index (χ1n) is 6.52. The second-order valence-corrected chi connectivity index (χ2v) is 5.16. The fourth-order valence-corrected chi connectivity index (χ4v) is 1.91. The number of hydrogen-bond acceptors (Lipinski definition) is 7. The van der Waals surface area contributed by atoms with Gasteiger partial charge in [-0.2, -0.15) is 5.21 Å². The Morgan fingerprint density at radius 1 is 1.33 bits per heavy atom. The highest BCUT2D eigenvalue weighted by molar-refractivity contribution is 5.61. The molecular weight excluding hydrogens is 276 g/mol. The Labute approximate surface area is 119 Å². The Balaban J connectivity index is 2.39. The maximum Gasteiger partial charge on any atom is 0.330 e. The molecule has 2 aromatic heterocycles. The average Bonchev–Trinajstić information content (AvgIpc) is 2.93. The fourth-order valence-electron chi connectivity index (χ4n) is 1.91. The largest absolute Gasteiger partial charge is 0.383 e. The Bertz CT molecular complexity index is 715. The molecule has 114 valence electrons. The first-order chi connectivity index (χ1) is 9.90. The van der Waals surface area contributed by atoms with Crippen LogP contribution in [-0.4, -0.2) is 30.2 Å². The van der Waals surface area contributed by atoms with Gasteiger partial charge >= 0.3 is 5.69 Å². The average molecular weight is 294 g/mol. The van der Waals surface area contributed by atoms with E-state index in [0.29, 0.717) is 12.4 Å². The Kier molecular flexibility index (Phi) is 4.05. The minimum Gasteiger partial charge on any atom is -0.383 e. The predicted octanol–water partition coefficient (Wildman–Crippen LogP) is -0.539. The topological polar surface area (TPSA) is 147 Å². The van der Waals surface area contributed by atoms with Crippen molar-refractivity contribution in [2.75, 3.05) is 11.1 Å². The summed E-state index contributed by atoms with van der Waals surface area (Å²) >= 11 is 0. The van der Waals surface area contributed by atoms with Crippen LogP contribution in [0.1, 0.15) is 32.6 Å². The molecule has 5 N–H and O–H groups in total. The third-order valence-corrected chi connectivity index (χ3v) is 2.90. The van der Waals surface area contributed by atoms with Crippen molar-refractivity contribution >= 4 is 11.5 Å². The zero-order chi connectivity index (χ0) is 15.6. The standard InChI is InChI=1S/C11H18N8O2/c1-5(2)4-19-8(12)7(10(20)14-11(19)21)13-6(3)9-15-17-18-16-9/h5-6,13H,4,12H2,1-3H3,(H,14,20,21)(H,15,16,17,18). The van der Waals surface area contributed by atoms with Crippen molar-refractivity contribution in [3.8, 4) is 0 Å². The van der Waals surface area contributed by atoms with E-state index in [-0.39, 0.29) is 17.4 Å². The van der Waals surface area contributed by atoms with Crippen LogP contribution in [0.2, 0.25) is 0 Å². The van der Waals surface area contributed by atoms with E-state index >= 15 is 0 Å². The molecule has 2 aromatic rings. The maximum atomic E-state index is 11.9. The molecule has 0 aromatic carbocycles. The van der Waals surface area contributed by atoms with E-state index in [1.807, 2.05) is 13.8 Å². The van der Waals surface area contributed by atoms with Crippen molar-refractivity contribution in [1.82, 2.24) is 30.2 Å². The number of nitrogens with zero attached hydrogens (tertiary/aromatic N) is 4. The van der Waals surface area contributed by atoms with Gasteiger partial charge in [0.15, 0.2) is 5.82 Å². The number of nitrogens with one attached hydrogen (secondary N) is 3. The Morgan fingerprint density at radius 2 is 2.05 bits per heavy atom. The van der Waals surface area contributed by atoms with E-state index in [0.717, 1.165) is 0 Å². The zero-order valence-corrected chi connectivity index (χ0v) is 12.0. The van der Waals surface area contributed by atoms with Gasteiger partial charge in [0.2, 0.25) is 0 Å². The molecule has 0 spiro atoms. The molecule has 2 rings (SSSR count). The molecule has 1 atom stereocenters. The monoisotopic (exact) mass is 294 g/mol. The van der Waals surface area contributed by atoms with Gasteiger partial charge < -0.3 is 11.1 Å². The Hall–Kier alpha value is -2.65. The van der Waals surface area contributed by atoms with Gasteiger partial charge in [-0.15, -0.1) is 10.2 Å². The van der Waals surface area contributed by atoms with Crippen LogP contribution in [0.4, 0.5) is 11.5 Å². The number of tetrazole rings is 1. The zero-order valence-electron chi connectivity index (χ0n) is 12.0. The quantitative estimate of drug-likeness (QED) is 0.579. The lowest BCUT2D eigenvalue weighted by atomic mass is 10.2. The molecule has 0 fully saturated rings. The maximum absolute atomic E-state index is 11.9. The van der Waals surface area contributed by atoms with Crippen molar-refractivity contribution < 1.29 is 0 Å². The minimum absolute atomic E-state index is 0.0906. The second-order valence-electron chi connectivity index (χ2n) is 5.16. The van der Waals surface area contributed by atoms with Crippen molar-refractivity contribution in [2.24, 2.45) is 5.92 Å². The number of rotatable bonds is 5. The van der Waals surface area contributed by atoms with Crippen molar-refractivity contribution in [2.45, 2.75) is 33.4 Å². The van der Waals surface area contributed by atoms with Crippen LogP contribution in [0.25, 0.3) is 0 Å². The van der Waals surface area contributed by atoms with Crippen LogP contribution < -0.4 is 22.3 Å². The van der Waals surface area contributed by atoms with Crippen molar-refractivity contribution in [3.63, 3.8) is 0 Å². The van der Waals surface area contributed by atoms with Gasteiger partial charge in [0.05, 0.1) is 6.04 Å². The predicted molar refractivity (Wildman–Crippen MR) is 76.8 cm³/mol. The van der Waals surface area contributed by atoms with E-state index in [2.05, 4.69) is 30.9 Å². The van der Waals surface area contributed by atoms with Gasteiger partial charge in [0, 0.05) is 6.54 Å². The van der Waals surface area contributed by atoms with E-state index < -0.39 is 17.3 Å². The Morgan fingerprint density at radius 3 is 2.62 bits per heavy atom. The number of aromatic amines is 2. The van der Waals surface area contributed by atoms with Crippen molar-refractivity contribution in [1.29, 1.82) is 0 Å². The minimum atomic E-state index is -0.576. The molecule has 2 heterocycles. The molecule has 0 aliphatic heterocycles. The van der Waals surface area contributed by atoms with Gasteiger partial charge in [-0.1, -0.05) is 19.1 Å². The van der Waals surface area contributed by atoms with Gasteiger partial charge in [-0.3, -0.25) is 14.3 Å². The SMILES string of the molecule is CC(C)Cn1c(N)c(NC(C)c2nn[nH]n2)c(=O)[nH]c1=O. The lowest BCUT2D eigenvalue weighted by Gasteiger charge is -2.17. The first-order valence-corrected chi connectivity index (χ1v) is 6.52. The third-order valence-electron chi connectivity index (χ3n) is 2.90. The number of aromatic nitrogens is 6. The molecule has 1 unspecified atom stereocenters. The van der Waals surface area contributed by atoms with Gasteiger partial charge in [-0.05, 0) is 12.8 Å². The van der Waals surface area contributed by atoms with Gasteiger partial charge in [-0.25, -0.2) is 4.79 Å². The second kappa shape index (κ2) is 5.77. The van der Waals surface area contributed by atoms with Crippen LogP contribution in [0.5, 0.6) is 0 Å². The molecule has 0 bridgehead atoms. The van der Waals surface area contributed by atoms with Crippen LogP contribution in [0, 0.1) is 5.92 Å². The van der Waals surface area contributed by atoms with E-state index in [1.54, 1.807) is 6.92 Å². The summed E-state index contributed by atoms with van der Waals surface area (Å²) in [5.41, 5.74) is 4.97. The lowest BCUT2D eigenvalue weighted by molar-refractivity contribution is 0.508. The third kappa shape index (κ3) is 3.09. The smallest absolute Gasteiger partial charge is 0.330 e. The van der Waals surface area contributed by atoms with Crippen LogP contribution in [0.15, 0.2) is 9.59 Å². The molecule has 0 aliphatic carbocycles. The van der Waals surface area contributed by atoms with Crippen molar-refractivity contribution in [3.05, 3.63) is 26.7 Å². The van der Waals surface area contributed by atoms with E-state index in [4.69, 9.17) is 5.73 Å².